The van der Waals surface area contributed by atoms with E-state index < -0.39 is 6.09 Å². The van der Waals surface area contributed by atoms with Crippen LogP contribution in [0.15, 0.2) is 18.2 Å². The maximum atomic E-state index is 10.4. The van der Waals surface area contributed by atoms with Gasteiger partial charge in [-0.25, -0.2) is 4.79 Å². The van der Waals surface area contributed by atoms with Gasteiger partial charge in [0.1, 0.15) is 6.61 Å². The van der Waals surface area contributed by atoms with Crippen LogP contribution in [0, 0.1) is 13.8 Å². The van der Waals surface area contributed by atoms with Gasteiger partial charge in [-0.3, -0.25) is 0 Å². The second kappa shape index (κ2) is 6.25. The normalized spacial score (nSPS) is 12.2. The Morgan fingerprint density at radius 1 is 1.35 bits per heavy atom. The molecule has 1 unspecified atom stereocenters. The molecule has 3 N–H and O–H groups in total. The van der Waals surface area contributed by atoms with E-state index in [1.165, 1.54) is 16.7 Å². The maximum Gasteiger partial charge on any atom is 0.404 e. The SMILES string of the molecule is Cc1cc(C)cc(C(C)NCCOC(N)=O)c1. The van der Waals surface area contributed by atoms with Gasteiger partial charge >= 0.3 is 6.09 Å². The topological polar surface area (TPSA) is 64.3 Å². The van der Waals surface area contributed by atoms with Crippen molar-refractivity contribution in [2.24, 2.45) is 5.73 Å². The lowest BCUT2D eigenvalue weighted by Gasteiger charge is -2.15. The standard InChI is InChI=1S/C13H20N2O2/c1-9-6-10(2)8-12(7-9)11(3)15-4-5-17-13(14)16/h6-8,11,15H,4-5H2,1-3H3,(H2,14,16). The first-order chi connectivity index (χ1) is 7.99. The van der Waals surface area contributed by atoms with Crippen molar-refractivity contribution in [1.82, 2.24) is 5.32 Å². The molecule has 0 spiro atoms. The third-order valence-corrected chi connectivity index (χ3v) is 2.54. The van der Waals surface area contributed by atoms with Gasteiger partial charge in [-0.05, 0) is 26.3 Å². The fraction of sp³-hybridized carbons (Fsp3) is 0.462. The molecule has 17 heavy (non-hydrogen) atoms. The second-order valence-electron chi connectivity index (χ2n) is 4.26. The summed E-state index contributed by atoms with van der Waals surface area (Å²) in [4.78, 5) is 10.4. The number of primary amides is 1. The van der Waals surface area contributed by atoms with Crippen LogP contribution in [0.1, 0.15) is 29.7 Å². The Balaban J connectivity index is 2.46. The molecule has 1 aromatic rings. The lowest BCUT2D eigenvalue weighted by atomic mass is 10.0. The van der Waals surface area contributed by atoms with Gasteiger partial charge in [-0.1, -0.05) is 29.3 Å². The molecule has 0 aliphatic carbocycles. The average molecular weight is 236 g/mol. The predicted octanol–water partition coefficient (Wildman–Crippen LogP) is 2.05. The Morgan fingerprint density at radius 2 is 1.94 bits per heavy atom. The van der Waals surface area contributed by atoms with Crippen molar-refractivity contribution >= 4 is 6.09 Å². The van der Waals surface area contributed by atoms with Gasteiger partial charge in [0.25, 0.3) is 0 Å². The molecule has 1 atom stereocenters. The summed E-state index contributed by atoms with van der Waals surface area (Å²) >= 11 is 0. The number of aryl methyl sites for hydroxylation is 2. The van der Waals surface area contributed by atoms with Gasteiger partial charge in [-0.2, -0.15) is 0 Å². The monoisotopic (exact) mass is 236 g/mol. The van der Waals surface area contributed by atoms with Crippen molar-refractivity contribution in [1.29, 1.82) is 0 Å². The summed E-state index contributed by atoms with van der Waals surface area (Å²) < 4.78 is 4.65. The van der Waals surface area contributed by atoms with Crippen LogP contribution in [-0.2, 0) is 4.74 Å². The van der Waals surface area contributed by atoms with Gasteiger partial charge in [0.05, 0.1) is 0 Å². The molecule has 0 aliphatic heterocycles. The fourth-order valence-electron chi connectivity index (χ4n) is 1.80. The predicted molar refractivity (Wildman–Crippen MR) is 67.9 cm³/mol. The molecule has 0 bridgehead atoms. The van der Waals surface area contributed by atoms with E-state index >= 15 is 0 Å². The molecular formula is C13H20N2O2. The van der Waals surface area contributed by atoms with Crippen LogP contribution < -0.4 is 11.1 Å². The minimum atomic E-state index is -0.731. The van der Waals surface area contributed by atoms with Crippen LogP contribution in [0.4, 0.5) is 4.79 Å². The molecule has 0 aromatic heterocycles. The Hall–Kier alpha value is -1.55. The lowest BCUT2D eigenvalue weighted by molar-refractivity contribution is 0.156. The number of benzene rings is 1. The largest absolute Gasteiger partial charge is 0.448 e. The van der Waals surface area contributed by atoms with E-state index in [1.54, 1.807) is 0 Å². The van der Waals surface area contributed by atoms with E-state index in [9.17, 15) is 4.79 Å². The summed E-state index contributed by atoms with van der Waals surface area (Å²) in [7, 11) is 0. The highest BCUT2D eigenvalue weighted by Crippen LogP contribution is 2.16. The van der Waals surface area contributed by atoms with Crippen molar-refractivity contribution in [3.63, 3.8) is 0 Å². The summed E-state index contributed by atoms with van der Waals surface area (Å²) in [6.45, 7) is 7.14. The highest BCUT2D eigenvalue weighted by molar-refractivity contribution is 5.64. The molecule has 4 heteroatoms. The molecule has 0 heterocycles. The molecule has 1 amide bonds. The minimum absolute atomic E-state index is 0.227. The molecule has 1 aromatic carbocycles. The number of carbonyl (C=O) groups excluding carboxylic acids is 1. The third-order valence-electron chi connectivity index (χ3n) is 2.54. The first kappa shape index (κ1) is 13.5. The molecule has 94 valence electrons. The van der Waals surface area contributed by atoms with Crippen LogP contribution in [0.5, 0.6) is 0 Å². The van der Waals surface area contributed by atoms with Crippen LogP contribution in [0.25, 0.3) is 0 Å². The lowest BCUT2D eigenvalue weighted by Crippen LogP contribution is -2.26. The first-order valence-corrected chi connectivity index (χ1v) is 5.73. The summed E-state index contributed by atoms with van der Waals surface area (Å²) in [5.74, 6) is 0. The van der Waals surface area contributed by atoms with E-state index in [0.29, 0.717) is 13.2 Å². The summed E-state index contributed by atoms with van der Waals surface area (Å²) in [5, 5.41) is 3.28. The molecule has 0 fully saturated rings. The highest BCUT2D eigenvalue weighted by Gasteiger charge is 2.05. The van der Waals surface area contributed by atoms with Gasteiger partial charge in [-0.15, -0.1) is 0 Å². The van der Waals surface area contributed by atoms with Gasteiger partial charge in [0.15, 0.2) is 0 Å². The summed E-state index contributed by atoms with van der Waals surface area (Å²) in [6, 6.07) is 6.68. The first-order valence-electron chi connectivity index (χ1n) is 5.73. The van der Waals surface area contributed by atoms with Gasteiger partial charge < -0.3 is 15.8 Å². The number of amides is 1. The molecule has 1 rings (SSSR count). The number of hydrogen-bond acceptors (Lipinski definition) is 3. The Bertz CT molecular complexity index is 371. The van der Waals surface area contributed by atoms with E-state index in [1.807, 2.05) is 0 Å². The highest BCUT2D eigenvalue weighted by atomic mass is 16.5. The van der Waals surface area contributed by atoms with Crippen LogP contribution in [-0.4, -0.2) is 19.2 Å². The van der Waals surface area contributed by atoms with Crippen molar-refractivity contribution in [2.45, 2.75) is 26.8 Å². The Kier molecular flexibility index (Phi) is 4.97. The number of nitrogens with two attached hydrogens (primary N) is 1. The van der Waals surface area contributed by atoms with Gasteiger partial charge in [0, 0.05) is 12.6 Å². The number of hydrogen-bond donors (Lipinski definition) is 2. The number of ether oxygens (including phenoxy) is 1. The Labute approximate surface area is 102 Å². The van der Waals surface area contributed by atoms with Crippen molar-refractivity contribution in [3.05, 3.63) is 34.9 Å². The second-order valence-corrected chi connectivity index (χ2v) is 4.26. The summed E-state index contributed by atoms with van der Waals surface area (Å²) in [6.07, 6.45) is -0.731. The van der Waals surface area contributed by atoms with E-state index in [4.69, 9.17) is 5.73 Å². The van der Waals surface area contributed by atoms with E-state index in [0.717, 1.165) is 0 Å². The summed E-state index contributed by atoms with van der Waals surface area (Å²) in [5.41, 5.74) is 8.61. The molecular weight excluding hydrogens is 216 g/mol. The van der Waals surface area contributed by atoms with Crippen molar-refractivity contribution < 1.29 is 9.53 Å². The van der Waals surface area contributed by atoms with Crippen LogP contribution in [0.2, 0.25) is 0 Å². The van der Waals surface area contributed by atoms with Crippen LogP contribution in [0.3, 0.4) is 0 Å². The average Bonchev–Trinajstić information content (AvgIpc) is 2.22. The van der Waals surface area contributed by atoms with Gasteiger partial charge in [0.2, 0.25) is 0 Å². The van der Waals surface area contributed by atoms with E-state index in [-0.39, 0.29) is 6.04 Å². The molecule has 0 aliphatic rings. The van der Waals surface area contributed by atoms with E-state index in [2.05, 4.69) is 49.0 Å². The molecule has 0 saturated carbocycles. The zero-order valence-corrected chi connectivity index (χ0v) is 10.6. The number of rotatable bonds is 5. The van der Waals surface area contributed by atoms with Crippen molar-refractivity contribution in [3.8, 4) is 0 Å². The van der Waals surface area contributed by atoms with Crippen molar-refractivity contribution in [2.75, 3.05) is 13.2 Å². The smallest absolute Gasteiger partial charge is 0.404 e. The molecule has 0 saturated heterocycles. The van der Waals surface area contributed by atoms with Crippen LogP contribution >= 0.6 is 0 Å². The Morgan fingerprint density at radius 3 is 2.47 bits per heavy atom. The maximum absolute atomic E-state index is 10.4. The zero-order valence-electron chi connectivity index (χ0n) is 10.6. The minimum Gasteiger partial charge on any atom is -0.448 e. The quantitative estimate of drug-likeness (QED) is 0.769. The fourth-order valence-corrected chi connectivity index (χ4v) is 1.80. The molecule has 0 radical (unpaired) electrons. The zero-order chi connectivity index (χ0) is 12.8. The molecule has 4 nitrogen and oxygen atoms in total. The third kappa shape index (κ3) is 4.87. The number of carbonyl (C=O) groups is 1. The number of nitrogens with one attached hydrogen (secondary N) is 1.